The quantitative estimate of drug-likeness (QED) is 0.425. The van der Waals surface area contributed by atoms with Gasteiger partial charge in [-0.05, 0) is 42.7 Å². The van der Waals surface area contributed by atoms with Crippen LogP contribution in [-0.2, 0) is 16.1 Å². The van der Waals surface area contributed by atoms with Crippen LogP contribution in [-0.4, -0.2) is 35.1 Å². The van der Waals surface area contributed by atoms with Gasteiger partial charge >= 0.3 is 0 Å². The van der Waals surface area contributed by atoms with Gasteiger partial charge in [0.05, 0.1) is 10.0 Å². The van der Waals surface area contributed by atoms with Gasteiger partial charge in [0.25, 0.3) is 0 Å². The zero-order valence-electron chi connectivity index (χ0n) is 17.4. The topological polar surface area (TPSA) is 49.4 Å². The van der Waals surface area contributed by atoms with Crippen molar-refractivity contribution in [3.8, 4) is 0 Å². The molecule has 2 rings (SSSR count). The van der Waals surface area contributed by atoms with E-state index in [9.17, 15) is 9.59 Å². The molecule has 0 radical (unpaired) electrons. The monoisotopic (exact) mass is 466 g/mol. The molecule has 0 aromatic heterocycles. The average molecular weight is 467 g/mol. The van der Waals surface area contributed by atoms with Crippen LogP contribution in [0.1, 0.15) is 38.7 Å². The highest BCUT2D eigenvalue weighted by atomic mass is 35.5. The van der Waals surface area contributed by atoms with Crippen molar-refractivity contribution in [3.63, 3.8) is 0 Å². The van der Waals surface area contributed by atoms with Crippen molar-refractivity contribution < 1.29 is 9.59 Å². The molecular weight excluding hydrogens is 439 g/mol. The minimum absolute atomic E-state index is 0.0528. The lowest BCUT2D eigenvalue weighted by molar-refractivity contribution is -0.141. The first-order chi connectivity index (χ1) is 14.5. The first-order valence-electron chi connectivity index (χ1n) is 10.1. The molecule has 1 N–H and O–H groups in total. The molecule has 0 heterocycles. The maximum Gasteiger partial charge on any atom is 0.242 e. The van der Waals surface area contributed by atoms with E-state index < -0.39 is 6.04 Å². The molecule has 0 saturated heterocycles. The summed E-state index contributed by atoms with van der Waals surface area (Å²) in [5.41, 5.74) is 0.843. The Bertz CT molecular complexity index is 833. The van der Waals surface area contributed by atoms with E-state index in [1.807, 2.05) is 50.2 Å². The van der Waals surface area contributed by atoms with Gasteiger partial charge in [-0.25, -0.2) is 0 Å². The van der Waals surface area contributed by atoms with Crippen molar-refractivity contribution in [1.82, 2.24) is 10.2 Å². The molecule has 2 aromatic rings. The van der Waals surface area contributed by atoms with E-state index in [1.54, 1.807) is 28.8 Å². The van der Waals surface area contributed by atoms with Gasteiger partial charge in [-0.15, -0.1) is 11.8 Å². The summed E-state index contributed by atoms with van der Waals surface area (Å²) in [7, 11) is 0. The SMILES string of the molecule is CCCNC(=O)[C@H](CC)N(Cc1ccc(Cl)c(Cl)c1)C(=O)CCSc1ccccc1. The fourth-order valence-electron chi connectivity index (χ4n) is 3.04. The molecule has 0 unspecified atom stereocenters. The number of benzene rings is 2. The maximum atomic E-state index is 13.1. The lowest BCUT2D eigenvalue weighted by Gasteiger charge is -2.30. The molecule has 0 saturated carbocycles. The number of rotatable bonds is 11. The summed E-state index contributed by atoms with van der Waals surface area (Å²) in [5.74, 6) is 0.472. The molecule has 0 aliphatic heterocycles. The molecule has 1 atom stereocenters. The van der Waals surface area contributed by atoms with Gasteiger partial charge in [-0.2, -0.15) is 0 Å². The Morgan fingerprint density at radius 2 is 1.80 bits per heavy atom. The summed E-state index contributed by atoms with van der Waals surface area (Å²) >= 11 is 13.8. The smallest absolute Gasteiger partial charge is 0.242 e. The van der Waals surface area contributed by atoms with Gasteiger partial charge in [0.2, 0.25) is 11.8 Å². The number of halogens is 2. The summed E-state index contributed by atoms with van der Waals surface area (Å²) in [6.45, 7) is 4.82. The van der Waals surface area contributed by atoms with Crippen molar-refractivity contribution in [2.24, 2.45) is 0 Å². The highest BCUT2D eigenvalue weighted by Crippen LogP contribution is 2.25. The van der Waals surface area contributed by atoms with E-state index in [4.69, 9.17) is 23.2 Å². The van der Waals surface area contributed by atoms with Crippen LogP contribution in [0.25, 0.3) is 0 Å². The number of amides is 2. The molecule has 2 aromatic carbocycles. The van der Waals surface area contributed by atoms with E-state index >= 15 is 0 Å². The average Bonchev–Trinajstić information content (AvgIpc) is 2.75. The van der Waals surface area contributed by atoms with Crippen molar-refractivity contribution in [3.05, 3.63) is 64.1 Å². The second-order valence-electron chi connectivity index (χ2n) is 6.90. The molecule has 0 bridgehead atoms. The molecule has 162 valence electrons. The van der Waals surface area contributed by atoms with E-state index in [2.05, 4.69) is 5.32 Å². The molecule has 0 aliphatic carbocycles. The standard InChI is InChI=1S/C23H28Cl2N2O2S/c1-3-13-26-23(29)21(4-2)27(16-17-10-11-19(24)20(25)15-17)22(28)12-14-30-18-8-6-5-7-9-18/h5-11,15,21H,3-4,12-14,16H2,1-2H3,(H,26,29)/t21-/m0/s1. The summed E-state index contributed by atoms with van der Waals surface area (Å²) < 4.78 is 0. The Balaban J connectivity index is 2.14. The molecule has 30 heavy (non-hydrogen) atoms. The predicted molar refractivity (Wildman–Crippen MR) is 126 cm³/mol. The molecule has 0 aliphatic rings. The molecule has 4 nitrogen and oxygen atoms in total. The van der Waals surface area contributed by atoms with Crippen LogP contribution in [0.4, 0.5) is 0 Å². The third-order valence-corrected chi connectivity index (χ3v) is 6.35. The van der Waals surface area contributed by atoms with Crippen LogP contribution in [0, 0.1) is 0 Å². The Labute approximate surface area is 193 Å². The molecular formula is C23H28Cl2N2O2S. The van der Waals surface area contributed by atoms with Crippen LogP contribution < -0.4 is 5.32 Å². The maximum absolute atomic E-state index is 13.1. The number of hydrogen-bond donors (Lipinski definition) is 1. The number of carbonyl (C=O) groups excluding carboxylic acids is 2. The number of hydrogen-bond acceptors (Lipinski definition) is 3. The van der Waals surface area contributed by atoms with E-state index in [1.165, 1.54) is 0 Å². The Kier molecular flexibility index (Phi) is 10.6. The fraction of sp³-hybridized carbons (Fsp3) is 0.391. The van der Waals surface area contributed by atoms with E-state index in [-0.39, 0.29) is 11.8 Å². The predicted octanol–water partition coefficient (Wildman–Crippen LogP) is 5.81. The third-order valence-electron chi connectivity index (χ3n) is 4.60. The van der Waals surface area contributed by atoms with Crippen LogP contribution >= 0.6 is 35.0 Å². The van der Waals surface area contributed by atoms with Crippen molar-refractivity contribution in [2.75, 3.05) is 12.3 Å². The number of thioether (sulfide) groups is 1. The van der Waals surface area contributed by atoms with Gasteiger partial charge in [0.15, 0.2) is 0 Å². The van der Waals surface area contributed by atoms with Gasteiger partial charge in [-0.3, -0.25) is 9.59 Å². The number of nitrogens with one attached hydrogen (secondary N) is 1. The second-order valence-corrected chi connectivity index (χ2v) is 8.88. The van der Waals surface area contributed by atoms with Gasteiger partial charge in [-0.1, -0.05) is 61.3 Å². The minimum Gasteiger partial charge on any atom is -0.354 e. The van der Waals surface area contributed by atoms with Gasteiger partial charge in [0, 0.05) is 30.2 Å². The highest BCUT2D eigenvalue weighted by molar-refractivity contribution is 7.99. The van der Waals surface area contributed by atoms with Crippen LogP contribution in [0.5, 0.6) is 0 Å². The van der Waals surface area contributed by atoms with E-state index in [0.717, 1.165) is 16.9 Å². The zero-order chi connectivity index (χ0) is 21.9. The molecule has 0 spiro atoms. The van der Waals surface area contributed by atoms with Gasteiger partial charge < -0.3 is 10.2 Å². The lowest BCUT2D eigenvalue weighted by atomic mass is 10.1. The normalized spacial score (nSPS) is 11.7. The Morgan fingerprint density at radius 1 is 1.07 bits per heavy atom. The Morgan fingerprint density at radius 3 is 2.43 bits per heavy atom. The lowest BCUT2D eigenvalue weighted by Crippen LogP contribution is -2.49. The molecule has 0 fully saturated rings. The largest absolute Gasteiger partial charge is 0.354 e. The van der Waals surface area contributed by atoms with Crippen LogP contribution in [0.15, 0.2) is 53.4 Å². The summed E-state index contributed by atoms with van der Waals surface area (Å²) in [6.07, 6.45) is 1.73. The second kappa shape index (κ2) is 12.9. The van der Waals surface area contributed by atoms with E-state index in [0.29, 0.717) is 41.7 Å². The third kappa shape index (κ3) is 7.53. The molecule has 2 amide bonds. The van der Waals surface area contributed by atoms with Crippen molar-refractivity contribution in [2.45, 2.75) is 50.6 Å². The zero-order valence-corrected chi connectivity index (χ0v) is 19.7. The Hall–Kier alpha value is -1.69. The first kappa shape index (κ1) is 24.6. The summed E-state index contributed by atoms with van der Waals surface area (Å²) in [6, 6.07) is 14.7. The number of nitrogens with zero attached hydrogens (tertiary/aromatic N) is 1. The van der Waals surface area contributed by atoms with Crippen molar-refractivity contribution in [1.29, 1.82) is 0 Å². The summed E-state index contributed by atoms with van der Waals surface area (Å²) in [5, 5.41) is 3.82. The highest BCUT2D eigenvalue weighted by Gasteiger charge is 2.28. The van der Waals surface area contributed by atoms with Crippen LogP contribution in [0.2, 0.25) is 10.0 Å². The first-order valence-corrected chi connectivity index (χ1v) is 11.9. The summed E-state index contributed by atoms with van der Waals surface area (Å²) in [4.78, 5) is 28.7. The fourth-order valence-corrected chi connectivity index (χ4v) is 4.22. The van der Waals surface area contributed by atoms with Gasteiger partial charge in [0.1, 0.15) is 6.04 Å². The minimum atomic E-state index is -0.528. The molecule has 7 heteroatoms. The number of carbonyl (C=O) groups is 2. The van der Waals surface area contributed by atoms with Crippen LogP contribution in [0.3, 0.4) is 0 Å². The van der Waals surface area contributed by atoms with Crippen molar-refractivity contribution >= 4 is 46.8 Å².